The molecule has 2 aromatic rings. The SMILES string of the molecule is C=C(C)c1cc(-c2ccccc2)ccc1OCCNC. The summed E-state index contributed by atoms with van der Waals surface area (Å²) in [5.74, 6) is 0.896. The monoisotopic (exact) mass is 267 g/mol. The van der Waals surface area contributed by atoms with E-state index in [0.717, 1.165) is 23.4 Å². The number of hydrogen-bond donors (Lipinski definition) is 1. The molecular formula is C18H21NO. The largest absolute Gasteiger partial charge is 0.492 e. The highest BCUT2D eigenvalue weighted by atomic mass is 16.5. The van der Waals surface area contributed by atoms with Gasteiger partial charge in [-0.15, -0.1) is 0 Å². The van der Waals surface area contributed by atoms with Gasteiger partial charge >= 0.3 is 0 Å². The maximum atomic E-state index is 5.81. The van der Waals surface area contributed by atoms with Crippen LogP contribution in [0.4, 0.5) is 0 Å². The lowest BCUT2D eigenvalue weighted by atomic mass is 9.99. The highest BCUT2D eigenvalue weighted by Crippen LogP contribution is 2.30. The average Bonchev–Trinajstić information content (AvgIpc) is 2.48. The van der Waals surface area contributed by atoms with Crippen LogP contribution in [0.25, 0.3) is 16.7 Å². The summed E-state index contributed by atoms with van der Waals surface area (Å²) >= 11 is 0. The van der Waals surface area contributed by atoms with Gasteiger partial charge in [-0.3, -0.25) is 0 Å². The molecule has 0 saturated carbocycles. The van der Waals surface area contributed by atoms with E-state index < -0.39 is 0 Å². The third-order valence-electron chi connectivity index (χ3n) is 3.16. The van der Waals surface area contributed by atoms with Crippen molar-refractivity contribution in [2.24, 2.45) is 0 Å². The van der Waals surface area contributed by atoms with Gasteiger partial charge in [-0.05, 0) is 42.8 Å². The molecule has 2 heteroatoms. The average molecular weight is 267 g/mol. The van der Waals surface area contributed by atoms with Crippen LogP contribution in [0.1, 0.15) is 12.5 Å². The number of allylic oxidation sites excluding steroid dienone is 1. The second-order valence-corrected chi connectivity index (χ2v) is 4.81. The van der Waals surface area contributed by atoms with Gasteiger partial charge in [0.25, 0.3) is 0 Å². The number of nitrogens with one attached hydrogen (secondary N) is 1. The molecule has 0 aliphatic heterocycles. The van der Waals surface area contributed by atoms with Crippen molar-refractivity contribution in [1.82, 2.24) is 5.32 Å². The summed E-state index contributed by atoms with van der Waals surface area (Å²) in [6.45, 7) is 7.55. The molecule has 0 atom stereocenters. The van der Waals surface area contributed by atoms with Gasteiger partial charge in [0, 0.05) is 12.1 Å². The zero-order chi connectivity index (χ0) is 14.4. The maximum absolute atomic E-state index is 5.81. The quantitative estimate of drug-likeness (QED) is 0.799. The van der Waals surface area contributed by atoms with Crippen LogP contribution in [-0.2, 0) is 0 Å². The van der Waals surface area contributed by atoms with Crippen LogP contribution >= 0.6 is 0 Å². The van der Waals surface area contributed by atoms with E-state index >= 15 is 0 Å². The lowest BCUT2D eigenvalue weighted by Gasteiger charge is -2.13. The van der Waals surface area contributed by atoms with Crippen LogP contribution in [0, 0.1) is 0 Å². The highest BCUT2D eigenvalue weighted by molar-refractivity contribution is 5.74. The normalized spacial score (nSPS) is 10.3. The molecular weight excluding hydrogens is 246 g/mol. The van der Waals surface area contributed by atoms with Crippen molar-refractivity contribution < 1.29 is 4.74 Å². The first-order valence-electron chi connectivity index (χ1n) is 6.85. The van der Waals surface area contributed by atoms with Gasteiger partial charge in [-0.25, -0.2) is 0 Å². The third kappa shape index (κ3) is 3.49. The van der Waals surface area contributed by atoms with Crippen molar-refractivity contribution in [3.8, 4) is 16.9 Å². The maximum Gasteiger partial charge on any atom is 0.126 e. The standard InChI is InChI=1S/C18H21NO/c1-14(2)17-13-16(15-7-5-4-6-8-15)9-10-18(17)20-12-11-19-3/h4-10,13,19H,1,11-12H2,2-3H3. The first-order chi connectivity index (χ1) is 9.72. The summed E-state index contributed by atoms with van der Waals surface area (Å²) in [4.78, 5) is 0. The topological polar surface area (TPSA) is 21.3 Å². The Morgan fingerprint density at radius 2 is 1.85 bits per heavy atom. The molecule has 20 heavy (non-hydrogen) atoms. The molecule has 0 aliphatic carbocycles. The molecule has 0 fully saturated rings. The second-order valence-electron chi connectivity index (χ2n) is 4.81. The Labute approximate surface area is 121 Å². The molecule has 0 bridgehead atoms. The predicted octanol–water partition coefficient (Wildman–Crippen LogP) is 3.98. The molecule has 0 amide bonds. The predicted molar refractivity (Wildman–Crippen MR) is 86.0 cm³/mol. The molecule has 0 spiro atoms. The number of benzene rings is 2. The van der Waals surface area contributed by atoms with Gasteiger partial charge in [0.15, 0.2) is 0 Å². The molecule has 0 saturated heterocycles. The van der Waals surface area contributed by atoms with Gasteiger partial charge in [0.1, 0.15) is 12.4 Å². The number of likely N-dealkylation sites (N-methyl/N-ethyl adjacent to an activating group) is 1. The minimum absolute atomic E-state index is 0.654. The minimum atomic E-state index is 0.654. The van der Waals surface area contributed by atoms with Crippen molar-refractivity contribution in [2.45, 2.75) is 6.92 Å². The molecule has 2 nitrogen and oxygen atoms in total. The third-order valence-corrected chi connectivity index (χ3v) is 3.16. The van der Waals surface area contributed by atoms with Crippen LogP contribution in [0.15, 0.2) is 55.1 Å². The Hall–Kier alpha value is -2.06. The first-order valence-corrected chi connectivity index (χ1v) is 6.85. The first kappa shape index (κ1) is 14.4. The zero-order valence-corrected chi connectivity index (χ0v) is 12.1. The molecule has 104 valence electrons. The van der Waals surface area contributed by atoms with Crippen LogP contribution in [0.5, 0.6) is 5.75 Å². The van der Waals surface area contributed by atoms with E-state index in [0.29, 0.717) is 6.61 Å². The van der Waals surface area contributed by atoms with Crippen LogP contribution in [0.3, 0.4) is 0 Å². The van der Waals surface area contributed by atoms with E-state index in [-0.39, 0.29) is 0 Å². The molecule has 2 rings (SSSR count). The second kappa shape index (κ2) is 6.92. The van der Waals surface area contributed by atoms with E-state index in [2.05, 4.69) is 36.2 Å². The van der Waals surface area contributed by atoms with Crippen molar-refractivity contribution in [1.29, 1.82) is 0 Å². The Balaban J connectivity index is 2.30. The molecule has 0 heterocycles. The van der Waals surface area contributed by atoms with Crippen LogP contribution in [0.2, 0.25) is 0 Å². The summed E-state index contributed by atoms with van der Waals surface area (Å²) in [6, 6.07) is 16.6. The Kier molecular flexibility index (Phi) is 4.97. The van der Waals surface area contributed by atoms with Gasteiger partial charge in [0.05, 0.1) is 0 Å². The lowest BCUT2D eigenvalue weighted by molar-refractivity contribution is 0.317. The van der Waals surface area contributed by atoms with Gasteiger partial charge in [0.2, 0.25) is 0 Å². The summed E-state index contributed by atoms with van der Waals surface area (Å²) in [7, 11) is 1.92. The van der Waals surface area contributed by atoms with Crippen molar-refractivity contribution in [2.75, 3.05) is 20.2 Å². The summed E-state index contributed by atoms with van der Waals surface area (Å²) in [5, 5.41) is 3.08. The fourth-order valence-corrected chi connectivity index (χ4v) is 2.06. The van der Waals surface area contributed by atoms with E-state index in [1.807, 2.05) is 38.2 Å². The Morgan fingerprint density at radius 3 is 2.50 bits per heavy atom. The van der Waals surface area contributed by atoms with Crippen molar-refractivity contribution >= 4 is 5.57 Å². The fraction of sp³-hybridized carbons (Fsp3) is 0.222. The van der Waals surface area contributed by atoms with Crippen LogP contribution in [-0.4, -0.2) is 20.2 Å². The zero-order valence-electron chi connectivity index (χ0n) is 12.1. The Bertz CT molecular complexity index is 575. The van der Waals surface area contributed by atoms with Crippen LogP contribution < -0.4 is 10.1 Å². The van der Waals surface area contributed by atoms with Gasteiger partial charge in [-0.2, -0.15) is 0 Å². The number of hydrogen-bond acceptors (Lipinski definition) is 2. The molecule has 1 N–H and O–H groups in total. The highest BCUT2D eigenvalue weighted by Gasteiger charge is 2.07. The number of rotatable bonds is 6. The van der Waals surface area contributed by atoms with E-state index in [1.54, 1.807) is 0 Å². The van der Waals surface area contributed by atoms with Gasteiger partial charge in [-0.1, -0.05) is 43.0 Å². The summed E-state index contributed by atoms with van der Waals surface area (Å²) in [5.41, 5.74) is 4.48. The van der Waals surface area contributed by atoms with E-state index in [4.69, 9.17) is 4.74 Å². The van der Waals surface area contributed by atoms with Crippen molar-refractivity contribution in [3.63, 3.8) is 0 Å². The lowest BCUT2D eigenvalue weighted by Crippen LogP contribution is -2.16. The molecule has 2 aromatic carbocycles. The smallest absolute Gasteiger partial charge is 0.126 e. The number of ether oxygens (including phenoxy) is 1. The molecule has 0 radical (unpaired) electrons. The van der Waals surface area contributed by atoms with E-state index in [9.17, 15) is 0 Å². The van der Waals surface area contributed by atoms with Gasteiger partial charge < -0.3 is 10.1 Å². The minimum Gasteiger partial charge on any atom is -0.492 e. The van der Waals surface area contributed by atoms with Crippen molar-refractivity contribution in [3.05, 3.63) is 60.7 Å². The van der Waals surface area contributed by atoms with E-state index in [1.165, 1.54) is 11.1 Å². The fourth-order valence-electron chi connectivity index (χ4n) is 2.06. The summed E-state index contributed by atoms with van der Waals surface area (Å²) in [6.07, 6.45) is 0. The molecule has 0 aliphatic rings. The summed E-state index contributed by atoms with van der Waals surface area (Å²) < 4.78 is 5.81. The molecule has 0 unspecified atom stereocenters. The molecule has 0 aromatic heterocycles. The Morgan fingerprint density at radius 1 is 1.10 bits per heavy atom.